The van der Waals surface area contributed by atoms with Gasteiger partial charge in [0.25, 0.3) is 0 Å². The van der Waals surface area contributed by atoms with Gasteiger partial charge in [-0.25, -0.2) is 9.97 Å². The van der Waals surface area contributed by atoms with E-state index in [1.165, 1.54) is 38.9 Å². The Morgan fingerprint density at radius 3 is 0.962 bits per heavy atom. The SMILES string of the molecule is COc1cc(-c2ccc(-c3cccc(-c4ccc(-c5cc(C)c(C)c(C)c5)cn4)c3)nc2)cc(OC)c1OC.COc1cc(-c2cnc(-c3cccc(-c4ncc(-c5cc(C)c(C)c(C)c5)nn4)c3)nn2)cc(OC)c1OC. The van der Waals surface area contributed by atoms with Crippen LogP contribution in [0.1, 0.15) is 33.4 Å². The molecule has 0 saturated heterocycles. The summed E-state index contributed by atoms with van der Waals surface area (Å²) in [5.74, 6) is 4.33. The highest BCUT2D eigenvalue weighted by Crippen LogP contribution is 2.43. The molecular formula is C64H60N8O6. The first-order chi connectivity index (χ1) is 37.8. The maximum absolute atomic E-state index is 5.51. The van der Waals surface area contributed by atoms with E-state index in [1.807, 2.05) is 67.0 Å². The fourth-order valence-corrected chi connectivity index (χ4v) is 9.05. The molecule has 4 heterocycles. The molecule has 0 bridgehead atoms. The van der Waals surface area contributed by atoms with Gasteiger partial charge in [0.15, 0.2) is 34.6 Å². The monoisotopic (exact) mass is 1040 g/mol. The average molecular weight is 1040 g/mol. The number of rotatable bonds is 14. The third-order valence-electron chi connectivity index (χ3n) is 13.9. The van der Waals surface area contributed by atoms with Crippen molar-refractivity contribution in [2.45, 2.75) is 41.5 Å². The second-order valence-corrected chi connectivity index (χ2v) is 18.7. The van der Waals surface area contributed by atoms with E-state index in [1.54, 1.807) is 67.2 Å². The molecule has 14 nitrogen and oxygen atoms in total. The Labute approximate surface area is 455 Å². The maximum Gasteiger partial charge on any atom is 0.203 e. The maximum atomic E-state index is 5.51. The molecule has 0 aliphatic heterocycles. The highest BCUT2D eigenvalue weighted by molar-refractivity contribution is 5.76. The first-order valence-corrected chi connectivity index (χ1v) is 25.1. The summed E-state index contributed by atoms with van der Waals surface area (Å²) < 4.78 is 32.7. The van der Waals surface area contributed by atoms with Crippen molar-refractivity contribution in [3.63, 3.8) is 0 Å². The lowest BCUT2D eigenvalue weighted by Crippen LogP contribution is -1.99. The number of aryl methyl sites for hydroxylation is 4. The van der Waals surface area contributed by atoms with Crippen molar-refractivity contribution in [2.75, 3.05) is 42.7 Å². The summed E-state index contributed by atoms with van der Waals surface area (Å²) in [6.45, 7) is 12.8. The lowest BCUT2D eigenvalue weighted by atomic mass is 9.97. The van der Waals surface area contributed by atoms with Gasteiger partial charge in [-0.1, -0.05) is 60.7 Å². The number of nitrogens with zero attached hydrogens (tertiary/aromatic N) is 8. The zero-order chi connectivity index (χ0) is 55.0. The van der Waals surface area contributed by atoms with Crippen LogP contribution in [0, 0.1) is 41.5 Å². The normalized spacial score (nSPS) is 10.8. The molecule has 6 aromatic carbocycles. The van der Waals surface area contributed by atoms with Crippen LogP contribution in [-0.2, 0) is 0 Å². The summed E-state index contributed by atoms with van der Waals surface area (Å²) in [5, 5.41) is 17.6. The zero-order valence-corrected chi connectivity index (χ0v) is 45.9. The van der Waals surface area contributed by atoms with E-state index < -0.39 is 0 Å². The Kier molecular flexibility index (Phi) is 16.1. The number of ether oxygens (including phenoxy) is 6. The van der Waals surface area contributed by atoms with E-state index in [2.05, 4.69) is 127 Å². The highest BCUT2D eigenvalue weighted by Gasteiger charge is 2.18. The molecule has 78 heavy (non-hydrogen) atoms. The van der Waals surface area contributed by atoms with Crippen LogP contribution < -0.4 is 28.4 Å². The fraction of sp³-hybridized carbons (Fsp3) is 0.188. The first-order valence-electron chi connectivity index (χ1n) is 25.1. The van der Waals surface area contributed by atoms with Crippen molar-refractivity contribution in [2.24, 2.45) is 0 Å². The van der Waals surface area contributed by atoms with E-state index >= 15 is 0 Å². The van der Waals surface area contributed by atoms with Gasteiger partial charge in [-0.3, -0.25) is 9.97 Å². The van der Waals surface area contributed by atoms with Gasteiger partial charge in [-0.2, -0.15) is 0 Å². The van der Waals surface area contributed by atoms with E-state index in [0.717, 1.165) is 67.2 Å². The molecule has 14 heteroatoms. The Balaban J connectivity index is 0.000000190. The van der Waals surface area contributed by atoms with E-state index in [0.29, 0.717) is 51.8 Å². The molecule has 4 aromatic heterocycles. The van der Waals surface area contributed by atoms with E-state index in [9.17, 15) is 0 Å². The minimum Gasteiger partial charge on any atom is -0.493 e. The first kappa shape index (κ1) is 53.3. The Bertz CT molecular complexity index is 3410. The molecule has 392 valence electrons. The van der Waals surface area contributed by atoms with E-state index in [4.69, 9.17) is 38.4 Å². The molecule has 0 spiro atoms. The number of aromatic nitrogens is 8. The second kappa shape index (κ2) is 23.5. The summed E-state index contributed by atoms with van der Waals surface area (Å²) in [6, 6.07) is 40.4. The summed E-state index contributed by atoms with van der Waals surface area (Å²) in [7, 11) is 9.52. The molecular weight excluding hydrogens is 977 g/mol. The van der Waals surface area contributed by atoms with Crippen LogP contribution in [0.5, 0.6) is 34.5 Å². The van der Waals surface area contributed by atoms with Gasteiger partial charge in [-0.15, -0.1) is 20.4 Å². The Morgan fingerprint density at radius 1 is 0.269 bits per heavy atom. The van der Waals surface area contributed by atoms with Crippen molar-refractivity contribution >= 4 is 0 Å². The molecule has 0 fully saturated rings. The Hall–Kier alpha value is -9.56. The van der Waals surface area contributed by atoms with Crippen molar-refractivity contribution < 1.29 is 28.4 Å². The largest absolute Gasteiger partial charge is 0.493 e. The third-order valence-corrected chi connectivity index (χ3v) is 13.9. The summed E-state index contributed by atoms with van der Waals surface area (Å²) >= 11 is 0. The smallest absolute Gasteiger partial charge is 0.203 e. The minimum absolute atomic E-state index is 0.475. The molecule has 10 aromatic rings. The predicted molar refractivity (Wildman–Crippen MR) is 306 cm³/mol. The number of benzene rings is 6. The lowest BCUT2D eigenvalue weighted by Gasteiger charge is -2.14. The summed E-state index contributed by atoms with van der Waals surface area (Å²) in [5.41, 5.74) is 20.4. The van der Waals surface area contributed by atoms with Gasteiger partial charge in [-0.05, 0) is 147 Å². The Morgan fingerprint density at radius 2 is 0.615 bits per heavy atom. The molecule has 0 aliphatic rings. The zero-order valence-electron chi connectivity index (χ0n) is 45.9. The van der Waals surface area contributed by atoms with Crippen LogP contribution >= 0.6 is 0 Å². The van der Waals surface area contributed by atoms with Crippen LogP contribution in [0.15, 0.2) is 146 Å². The van der Waals surface area contributed by atoms with Crippen molar-refractivity contribution in [1.29, 1.82) is 0 Å². The van der Waals surface area contributed by atoms with E-state index in [-0.39, 0.29) is 0 Å². The van der Waals surface area contributed by atoms with Crippen molar-refractivity contribution in [3.8, 4) is 125 Å². The second-order valence-electron chi connectivity index (χ2n) is 18.7. The van der Waals surface area contributed by atoms with Gasteiger partial charge >= 0.3 is 0 Å². The van der Waals surface area contributed by atoms with Gasteiger partial charge in [0.05, 0.1) is 66.4 Å². The highest BCUT2D eigenvalue weighted by atomic mass is 16.5. The van der Waals surface area contributed by atoms with Crippen molar-refractivity contribution in [1.82, 2.24) is 40.3 Å². The summed E-state index contributed by atoms with van der Waals surface area (Å²) in [6.07, 6.45) is 7.23. The van der Waals surface area contributed by atoms with Crippen LogP contribution in [-0.4, -0.2) is 83.0 Å². The number of methoxy groups -OCH3 is 6. The molecule has 0 unspecified atom stereocenters. The topological polar surface area (TPSA) is 158 Å². The molecule has 10 rings (SSSR count). The molecule has 0 saturated carbocycles. The molecule has 0 aliphatic carbocycles. The average Bonchev–Trinajstić information content (AvgIpc) is 3.50. The molecule has 0 N–H and O–H groups in total. The van der Waals surface area contributed by atoms with Crippen LogP contribution in [0.2, 0.25) is 0 Å². The summed E-state index contributed by atoms with van der Waals surface area (Å²) in [4.78, 5) is 18.7. The van der Waals surface area contributed by atoms with Crippen LogP contribution in [0.4, 0.5) is 0 Å². The number of hydrogen-bond donors (Lipinski definition) is 0. The van der Waals surface area contributed by atoms with Crippen LogP contribution in [0.3, 0.4) is 0 Å². The fourth-order valence-electron chi connectivity index (χ4n) is 9.05. The quantitative estimate of drug-likeness (QED) is 0.101. The van der Waals surface area contributed by atoms with Gasteiger partial charge < -0.3 is 28.4 Å². The number of pyridine rings is 2. The minimum atomic E-state index is 0.475. The van der Waals surface area contributed by atoms with Gasteiger partial charge in [0.2, 0.25) is 11.5 Å². The molecule has 0 radical (unpaired) electrons. The predicted octanol–water partition coefficient (Wildman–Crippen LogP) is 13.8. The molecule has 0 atom stereocenters. The number of hydrogen-bond acceptors (Lipinski definition) is 14. The third kappa shape index (κ3) is 11.3. The van der Waals surface area contributed by atoms with Gasteiger partial charge in [0, 0.05) is 56.9 Å². The van der Waals surface area contributed by atoms with Crippen molar-refractivity contribution in [3.05, 3.63) is 179 Å². The van der Waals surface area contributed by atoms with Crippen LogP contribution in [0.25, 0.3) is 90.1 Å². The standard InChI is InChI=1S/C34H32N2O3.C30H28N6O3/c1-21-14-28(15-22(2)23(21)3)26-10-12-30(35-19-26)24-8-7-9-25(16-24)31-13-11-27(20-36-31)29-17-32(37-4)34(39-6)33(18-29)38-5;1-17-10-22(11-18(2)19(17)3)24-15-31-29(35-33-24)20-8-7-9-21(12-20)30-32-16-25(34-36-30)23-13-26(37-4)28(39-6)27(14-23)38-5/h7-20H,1-6H3;7-16H,1-6H3. The lowest BCUT2D eigenvalue weighted by molar-refractivity contribution is 0.324. The molecule has 0 amide bonds. The van der Waals surface area contributed by atoms with Gasteiger partial charge in [0.1, 0.15) is 11.4 Å².